The normalized spacial score (nSPS) is 26.2. The van der Waals surface area contributed by atoms with E-state index in [9.17, 15) is 28.1 Å². The maximum absolute atomic E-state index is 13.8. The molecule has 0 saturated carbocycles. The van der Waals surface area contributed by atoms with Gasteiger partial charge in [-0.2, -0.15) is 13.2 Å². The van der Waals surface area contributed by atoms with Gasteiger partial charge in [-0.1, -0.05) is 66.7 Å². The molecule has 1 amide bonds. The summed E-state index contributed by atoms with van der Waals surface area (Å²) in [5, 5.41) is 15.8. The van der Waals surface area contributed by atoms with E-state index in [2.05, 4.69) is 5.32 Å². The molecular formula is C25H20F3N3O3. The van der Waals surface area contributed by atoms with E-state index in [4.69, 9.17) is 0 Å². The molecule has 2 aliphatic heterocycles. The Balaban J connectivity index is 1.80. The number of amides is 1. The second kappa shape index (κ2) is 7.66. The smallest absolute Gasteiger partial charge is 0.313 e. The SMILES string of the molecule is CN1C(=O)C2(N[C@@H](c3ccccc3)[C@@H]([N+](=O)[O-])[C@H]2c2cccc(C(F)(F)F)c2)c2ccccc21. The van der Waals surface area contributed by atoms with Crippen LogP contribution in [0.25, 0.3) is 0 Å². The summed E-state index contributed by atoms with van der Waals surface area (Å²) < 4.78 is 40.7. The van der Waals surface area contributed by atoms with Crippen LogP contribution >= 0.6 is 0 Å². The number of fused-ring (bicyclic) bond motifs is 2. The highest BCUT2D eigenvalue weighted by atomic mass is 19.4. The maximum atomic E-state index is 13.8. The molecule has 0 radical (unpaired) electrons. The summed E-state index contributed by atoms with van der Waals surface area (Å²) in [6, 6.07) is 17.8. The van der Waals surface area contributed by atoms with E-state index in [1.165, 1.54) is 17.0 Å². The molecule has 3 aromatic carbocycles. The van der Waals surface area contributed by atoms with Crippen LogP contribution < -0.4 is 10.2 Å². The lowest BCUT2D eigenvalue weighted by atomic mass is 9.74. The number of anilines is 1. The maximum Gasteiger partial charge on any atom is 0.416 e. The van der Waals surface area contributed by atoms with Gasteiger partial charge in [0.05, 0.1) is 11.5 Å². The van der Waals surface area contributed by atoms with Gasteiger partial charge in [0.1, 0.15) is 11.6 Å². The van der Waals surface area contributed by atoms with Crippen molar-refractivity contribution in [2.24, 2.45) is 0 Å². The summed E-state index contributed by atoms with van der Waals surface area (Å²) >= 11 is 0. The van der Waals surface area contributed by atoms with Gasteiger partial charge in [-0.15, -0.1) is 0 Å². The lowest BCUT2D eigenvalue weighted by Gasteiger charge is -2.30. The molecule has 5 rings (SSSR count). The summed E-state index contributed by atoms with van der Waals surface area (Å²) in [6.07, 6.45) is -4.63. The number of carbonyl (C=O) groups excluding carboxylic acids is 1. The molecule has 0 aromatic heterocycles. The Morgan fingerprint density at radius 1 is 0.971 bits per heavy atom. The Morgan fingerprint density at radius 3 is 2.29 bits per heavy atom. The van der Waals surface area contributed by atoms with E-state index in [1.807, 2.05) is 0 Å². The van der Waals surface area contributed by atoms with E-state index in [0.29, 0.717) is 16.8 Å². The van der Waals surface area contributed by atoms with E-state index >= 15 is 0 Å². The van der Waals surface area contributed by atoms with Crippen molar-refractivity contribution in [2.75, 3.05) is 11.9 Å². The van der Waals surface area contributed by atoms with Gasteiger partial charge in [0.15, 0.2) is 0 Å². The number of para-hydroxylation sites is 1. The molecule has 2 aliphatic rings. The van der Waals surface area contributed by atoms with Crippen molar-refractivity contribution in [2.45, 2.75) is 29.7 Å². The van der Waals surface area contributed by atoms with Crippen molar-refractivity contribution in [3.05, 3.63) is 111 Å². The molecule has 1 saturated heterocycles. The van der Waals surface area contributed by atoms with Crippen LogP contribution in [0.2, 0.25) is 0 Å². The van der Waals surface area contributed by atoms with Crippen molar-refractivity contribution in [3.8, 4) is 0 Å². The molecule has 1 spiro atoms. The third-order valence-corrected chi connectivity index (χ3v) is 6.84. The minimum Gasteiger partial charge on any atom is -0.313 e. The lowest BCUT2D eigenvalue weighted by molar-refractivity contribution is -0.527. The fourth-order valence-electron chi connectivity index (χ4n) is 5.44. The molecule has 0 aliphatic carbocycles. The molecule has 1 N–H and O–H groups in total. The molecule has 4 atom stereocenters. The highest BCUT2D eigenvalue weighted by Crippen LogP contribution is 2.56. The van der Waals surface area contributed by atoms with Crippen LogP contribution in [-0.4, -0.2) is 23.9 Å². The Labute approximate surface area is 193 Å². The van der Waals surface area contributed by atoms with Crippen LogP contribution in [0.5, 0.6) is 0 Å². The summed E-state index contributed by atoms with van der Waals surface area (Å²) in [4.78, 5) is 27.2. The quantitative estimate of drug-likeness (QED) is 0.450. The summed E-state index contributed by atoms with van der Waals surface area (Å²) in [5.74, 6) is -1.63. The predicted molar refractivity (Wildman–Crippen MR) is 119 cm³/mol. The highest BCUT2D eigenvalue weighted by molar-refractivity contribution is 6.08. The molecule has 1 unspecified atom stereocenters. The van der Waals surface area contributed by atoms with E-state index in [1.54, 1.807) is 61.6 Å². The first-order valence-electron chi connectivity index (χ1n) is 10.7. The Bertz CT molecular complexity index is 1280. The van der Waals surface area contributed by atoms with Gasteiger partial charge in [0.2, 0.25) is 6.04 Å². The van der Waals surface area contributed by atoms with Gasteiger partial charge in [-0.3, -0.25) is 20.2 Å². The number of likely N-dealkylation sites (N-methyl/N-ethyl adjacent to an activating group) is 1. The third-order valence-electron chi connectivity index (χ3n) is 6.84. The van der Waals surface area contributed by atoms with Gasteiger partial charge in [-0.05, 0) is 23.3 Å². The average molecular weight is 467 g/mol. The number of rotatable bonds is 3. The molecule has 34 heavy (non-hydrogen) atoms. The molecule has 9 heteroatoms. The van der Waals surface area contributed by atoms with Crippen molar-refractivity contribution in [1.82, 2.24) is 5.32 Å². The zero-order chi connectivity index (χ0) is 24.3. The number of carbonyl (C=O) groups is 1. The highest BCUT2D eigenvalue weighted by Gasteiger charge is 2.68. The van der Waals surface area contributed by atoms with Gasteiger partial charge in [0.25, 0.3) is 5.91 Å². The topological polar surface area (TPSA) is 75.5 Å². The monoisotopic (exact) mass is 467 g/mol. The van der Waals surface area contributed by atoms with Crippen LogP contribution in [-0.2, 0) is 16.5 Å². The third kappa shape index (κ3) is 3.11. The fraction of sp³-hybridized carbons (Fsp3) is 0.240. The first-order chi connectivity index (χ1) is 16.2. The number of alkyl halides is 3. The molecule has 3 aromatic rings. The minimum absolute atomic E-state index is 0.0842. The molecule has 1 fully saturated rings. The van der Waals surface area contributed by atoms with Crippen LogP contribution in [0, 0.1) is 10.1 Å². The molecule has 2 heterocycles. The Morgan fingerprint density at radius 2 is 1.62 bits per heavy atom. The second-order valence-corrected chi connectivity index (χ2v) is 8.60. The number of hydrogen-bond acceptors (Lipinski definition) is 4. The Kier molecular flexibility index (Phi) is 4.98. The average Bonchev–Trinajstić information content (AvgIpc) is 3.29. The first-order valence-corrected chi connectivity index (χ1v) is 10.7. The minimum atomic E-state index is -4.63. The van der Waals surface area contributed by atoms with Crippen molar-refractivity contribution in [3.63, 3.8) is 0 Å². The number of nitrogens with one attached hydrogen (secondary N) is 1. The molecule has 0 bridgehead atoms. The molecule has 6 nitrogen and oxygen atoms in total. The standard InChI is InChI=1S/C25H20F3N3O3/c1-30-19-13-6-5-12-18(19)24(23(30)32)20(16-10-7-11-17(14-16)25(26,27)28)22(31(33)34)21(29-24)15-8-3-2-4-9-15/h2-14,20-22,29H,1H3/t20-,21+,22+,24?/m1/s1. The predicted octanol–water partition coefficient (Wildman–Crippen LogP) is 4.65. The van der Waals surface area contributed by atoms with Gasteiger partial charge in [-0.25, -0.2) is 0 Å². The zero-order valence-electron chi connectivity index (χ0n) is 18.0. The lowest BCUT2D eigenvalue weighted by Crippen LogP contribution is -2.50. The summed E-state index contributed by atoms with van der Waals surface area (Å²) in [6.45, 7) is 0. The Hall–Kier alpha value is -3.72. The van der Waals surface area contributed by atoms with Gasteiger partial charge >= 0.3 is 6.18 Å². The number of benzene rings is 3. The van der Waals surface area contributed by atoms with Crippen molar-refractivity contribution >= 4 is 11.6 Å². The van der Waals surface area contributed by atoms with Crippen LogP contribution in [0.4, 0.5) is 18.9 Å². The number of nitro groups is 1. The van der Waals surface area contributed by atoms with E-state index in [-0.39, 0.29) is 5.56 Å². The summed E-state index contributed by atoms with van der Waals surface area (Å²) in [7, 11) is 1.57. The number of nitrogens with zero attached hydrogens (tertiary/aromatic N) is 2. The fourth-order valence-corrected chi connectivity index (χ4v) is 5.44. The van der Waals surface area contributed by atoms with Crippen molar-refractivity contribution in [1.29, 1.82) is 0 Å². The molecule has 174 valence electrons. The van der Waals surface area contributed by atoms with Gasteiger partial charge < -0.3 is 4.90 Å². The first kappa shape index (κ1) is 22.1. The largest absolute Gasteiger partial charge is 0.416 e. The van der Waals surface area contributed by atoms with Crippen molar-refractivity contribution < 1.29 is 22.9 Å². The van der Waals surface area contributed by atoms with Crippen LogP contribution in [0.1, 0.15) is 34.2 Å². The second-order valence-electron chi connectivity index (χ2n) is 8.60. The van der Waals surface area contributed by atoms with Crippen LogP contribution in [0.3, 0.4) is 0 Å². The molecular weight excluding hydrogens is 447 g/mol. The zero-order valence-corrected chi connectivity index (χ0v) is 18.0. The van der Waals surface area contributed by atoms with Gasteiger partial charge in [0, 0.05) is 23.2 Å². The van der Waals surface area contributed by atoms with E-state index < -0.39 is 46.1 Å². The summed E-state index contributed by atoms with van der Waals surface area (Å²) in [5.41, 5.74) is -0.785. The number of hydrogen-bond donors (Lipinski definition) is 1. The van der Waals surface area contributed by atoms with Crippen LogP contribution in [0.15, 0.2) is 78.9 Å². The number of halogens is 3. The van der Waals surface area contributed by atoms with E-state index in [0.717, 1.165) is 12.1 Å².